The van der Waals surface area contributed by atoms with Gasteiger partial charge in [-0.15, -0.1) is 0 Å². The van der Waals surface area contributed by atoms with E-state index >= 15 is 0 Å². The maximum Gasteiger partial charge on any atom is 0.327 e. The summed E-state index contributed by atoms with van der Waals surface area (Å²) in [6, 6.07) is -4.72. The Labute approximate surface area is 183 Å². The second-order valence-electron chi connectivity index (χ2n) is 5.95. The first kappa shape index (κ1) is 27.4. The number of primary amides is 1. The summed E-state index contributed by atoms with van der Waals surface area (Å²) in [5.74, 6) is -4.18. The summed E-state index contributed by atoms with van der Waals surface area (Å²) in [5, 5.41) is 15.8. The molecule has 0 aromatic rings. The molecule has 8 N–H and O–H groups in total. The Morgan fingerprint density at radius 1 is 0.931 bits per heavy atom. The highest BCUT2D eigenvalue weighted by Gasteiger charge is 2.30. The average molecular weight is 470 g/mol. The standard InChI is InChI=1S/C15H27N5O6S3/c1-29-3-2-7(16)12(22)19-9(5-27)14(24)18-8(4-11(17)21)13(23)20-10(6-28)15(25)26/h7-10,27-28H,2-6,16H2,1H3,(H2,17,21)(H,18,24)(H,19,22)(H,20,23)(H,25,26). The topological polar surface area (TPSA) is 194 Å². The van der Waals surface area contributed by atoms with E-state index in [1.54, 1.807) is 0 Å². The third-order valence-corrected chi connectivity index (χ3v) is 4.99. The van der Waals surface area contributed by atoms with Gasteiger partial charge < -0.3 is 32.5 Å². The molecule has 11 nitrogen and oxygen atoms in total. The highest BCUT2D eigenvalue weighted by Crippen LogP contribution is 2.01. The molecule has 0 bridgehead atoms. The molecule has 0 aromatic carbocycles. The molecular weight excluding hydrogens is 442 g/mol. The number of carboxylic acid groups (broad SMARTS) is 1. The number of nitrogens with two attached hydrogens (primary N) is 2. The van der Waals surface area contributed by atoms with E-state index < -0.39 is 60.2 Å². The van der Waals surface area contributed by atoms with Crippen molar-refractivity contribution in [1.29, 1.82) is 0 Å². The average Bonchev–Trinajstić information content (AvgIpc) is 2.66. The first-order valence-electron chi connectivity index (χ1n) is 8.45. The van der Waals surface area contributed by atoms with Crippen molar-refractivity contribution in [2.75, 3.05) is 23.5 Å². The predicted molar refractivity (Wildman–Crippen MR) is 116 cm³/mol. The molecule has 0 saturated carbocycles. The van der Waals surface area contributed by atoms with Gasteiger partial charge >= 0.3 is 5.97 Å². The lowest BCUT2D eigenvalue weighted by Gasteiger charge is -2.23. The van der Waals surface area contributed by atoms with Crippen molar-refractivity contribution < 1.29 is 29.1 Å². The molecule has 0 fully saturated rings. The Morgan fingerprint density at radius 3 is 1.86 bits per heavy atom. The zero-order chi connectivity index (χ0) is 22.6. The Bertz CT molecular complexity index is 609. The van der Waals surface area contributed by atoms with Crippen LogP contribution in [-0.4, -0.2) is 82.4 Å². The second-order valence-corrected chi connectivity index (χ2v) is 7.66. The molecule has 0 aliphatic carbocycles. The molecule has 0 aliphatic heterocycles. The highest BCUT2D eigenvalue weighted by atomic mass is 32.2. The first-order valence-corrected chi connectivity index (χ1v) is 11.1. The Hall–Kier alpha value is -1.64. The van der Waals surface area contributed by atoms with Gasteiger partial charge in [-0.2, -0.15) is 37.0 Å². The molecule has 0 radical (unpaired) electrons. The van der Waals surface area contributed by atoms with E-state index in [1.165, 1.54) is 11.8 Å². The number of thioether (sulfide) groups is 1. The molecule has 4 atom stereocenters. The number of hydrogen-bond acceptors (Lipinski definition) is 9. The van der Waals surface area contributed by atoms with Crippen LogP contribution in [0.3, 0.4) is 0 Å². The van der Waals surface area contributed by atoms with Crippen LogP contribution in [0.25, 0.3) is 0 Å². The summed E-state index contributed by atoms with van der Waals surface area (Å²) in [6.45, 7) is 0. The van der Waals surface area contributed by atoms with Crippen LogP contribution in [0.5, 0.6) is 0 Å². The number of nitrogens with one attached hydrogen (secondary N) is 3. The maximum absolute atomic E-state index is 12.4. The Morgan fingerprint density at radius 2 is 1.41 bits per heavy atom. The van der Waals surface area contributed by atoms with Crippen LogP contribution < -0.4 is 27.4 Å². The summed E-state index contributed by atoms with van der Waals surface area (Å²) in [6.07, 6.45) is 1.69. The molecule has 4 amide bonds. The molecule has 0 saturated heterocycles. The SMILES string of the molecule is CSCCC(N)C(=O)NC(CS)C(=O)NC(CC(N)=O)C(=O)NC(CS)C(=O)O. The van der Waals surface area contributed by atoms with E-state index in [0.29, 0.717) is 12.2 Å². The van der Waals surface area contributed by atoms with Crippen molar-refractivity contribution >= 4 is 66.6 Å². The minimum absolute atomic E-state index is 0.105. The van der Waals surface area contributed by atoms with E-state index in [-0.39, 0.29) is 11.5 Å². The minimum Gasteiger partial charge on any atom is -0.480 e. The van der Waals surface area contributed by atoms with E-state index in [1.807, 2.05) is 6.26 Å². The lowest BCUT2D eigenvalue weighted by molar-refractivity contribution is -0.141. The molecule has 0 aromatic heterocycles. The molecule has 4 unspecified atom stereocenters. The van der Waals surface area contributed by atoms with Gasteiger partial charge in [-0.05, 0) is 18.4 Å². The Balaban J connectivity index is 5.12. The van der Waals surface area contributed by atoms with Gasteiger partial charge in [0.25, 0.3) is 0 Å². The summed E-state index contributed by atoms with van der Waals surface area (Å²) in [4.78, 5) is 59.1. The second kappa shape index (κ2) is 14.4. The van der Waals surface area contributed by atoms with E-state index in [9.17, 15) is 24.0 Å². The number of thiol groups is 2. The maximum atomic E-state index is 12.4. The van der Waals surface area contributed by atoms with Gasteiger partial charge in [-0.3, -0.25) is 19.2 Å². The van der Waals surface area contributed by atoms with Crippen LogP contribution in [0.2, 0.25) is 0 Å². The van der Waals surface area contributed by atoms with Crippen LogP contribution >= 0.6 is 37.0 Å². The molecule has 0 heterocycles. The quantitative estimate of drug-likeness (QED) is 0.126. The van der Waals surface area contributed by atoms with E-state index in [0.717, 1.165) is 0 Å². The summed E-state index contributed by atoms with van der Waals surface area (Å²) < 4.78 is 0. The van der Waals surface area contributed by atoms with Crippen molar-refractivity contribution in [2.45, 2.75) is 37.0 Å². The third kappa shape index (κ3) is 10.6. The van der Waals surface area contributed by atoms with Crippen molar-refractivity contribution in [1.82, 2.24) is 16.0 Å². The Kier molecular flexibility index (Phi) is 13.5. The van der Waals surface area contributed by atoms with Gasteiger partial charge in [0, 0.05) is 11.5 Å². The number of hydrogen-bond donors (Lipinski definition) is 8. The lowest BCUT2D eigenvalue weighted by atomic mass is 10.1. The van der Waals surface area contributed by atoms with Gasteiger partial charge in [0.15, 0.2) is 0 Å². The molecule has 166 valence electrons. The molecular formula is C15H27N5O6S3. The van der Waals surface area contributed by atoms with Gasteiger partial charge in [-0.25, -0.2) is 4.79 Å². The normalized spacial score (nSPS) is 14.8. The van der Waals surface area contributed by atoms with Crippen LogP contribution in [0.15, 0.2) is 0 Å². The fourth-order valence-corrected chi connectivity index (χ4v) is 2.98. The first-order chi connectivity index (χ1) is 13.6. The summed E-state index contributed by atoms with van der Waals surface area (Å²) in [7, 11) is 0. The number of carbonyl (C=O) groups is 5. The van der Waals surface area contributed by atoms with Gasteiger partial charge in [-0.1, -0.05) is 0 Å². The fourth-order valence-electron chi connectivity index (χ4n) is 1.99. The van der Waals surface area contributed by atoms with E-state index in [2.05, 4.69) is 41.2 Å². The van der Waals surface area contributed by atoms with Gasteiger partial charge in [0.1, 0.15) is 18.1 Å². The molecule has 0 rings (SSSR count). The monoisotopic (exact) mass is 469 g/mol. The minimum atomic E-state index is -1.44. The van der Waals surface area contributed by atoms with Crippen molar-refractivity contribution in [3.05, 3.63) is 0 Å². The fraction of sp³-hybridized carbons (Fsp3) is 0.667. The largest absolute Gasteiger partial charge is 0.480 e. The zero-order valence-electron chi connectivity index (χ0n) is 15.8. The smallest absolute Gasteiger partial charge is 0.327 e. The van der Waals surface area contributed by atoms with Crippen LogP contribution in [0.1, 0.15) is 12.8 Å². The highest BCUT2D eigenvalue weighted by molar-refractivity contribution is 7.98. The number of rotatable bonds is 14. The number of aliphatic carboxylic acids is 1. The van der Waals surface area contributed by atoms with Crippen LogP contribution in [0.4, 0.5) is 0 Å². The predicted octanol–water partition coefficient (Wildman–Crippen LogP) is -2.66. The van der Waals surface area contributed by atoms with E-state index in [4.69, 9.17) is 16.6 Å². The van der Waals surface area contributed by atoms with Crippen LogP contribution in [0, 0.1) is 0 Å². The molecule has 14 heteroatoms. The summed E-state index contributed by atoms with van der Waals surface area (Å²) in [5.41, 5.74) is 10.9. The third-order valence-electron chi connectivity index (χ3n) is 3.62. The van der Waals surface area contributed by atoms with Gasteiger partial charge in [0.05, 0.1) is 12.5 Å². The molecule has 0 spiro atoms. The number of carbonyl (C=O) groups excluding carboxylic acids is 4. The number of amides is 4. The molecule has 0 aliphatic rings. The van der Waals surface area contributed by atoms with Crippen LogP contribution in [-0.2, 0) is 24.0 Å². The lowest BCUT2D eigenvalue weighted by Crippen LogP contribution is -2.58. The van der Waals surface area contributed by atoms with Crippen molar-refractivity contribution in [3.8, 4) is 0 Å². The number of carboxylic acids is 1. The van der Waals surface area contributed by atoms with Crippen molar-refractivity contribution in [2.24, 2.45) is 11.5 Å². The van der Waals surface area contributed by atoms with Crippen molar-refractivity contribution in [3.63, 3.8) is 0 Å². The summed E-state index contributed by atoms with van der Waals surface area (Å²) >= 11 is 9.35. The van der Waals surface area contributed by atoms with Gasteiger partial charge in [0.2, 0.25) is 23.6 Å². The zero-order valence-corrected chi connectivity index (χ0v) is 18.4. The molecule has 29 heavy (non-hydrogen) atoms.